The molecule has 0 saturated carbocycles. The number of fused-ring (bicyclic) bond motifs is 1. The maximum absolute atomic E-state index is 12.4. The molecule has 0 saturated heterocycles. The number of ether oxygens (including phenoxy) is 1. The number of halogens is 1. The Hall–Kier alpha value is -2.77. The molecular formula is C23H24ClN3O3S. The van der Waals surface area contributed by atoms with Crippen LogP contribution in [0.2, 0.25) is 5.02 Å². The minimum atomic E-state index is -0.354. The van der Waals surface area contributed by atoms with Crippen LogP contribution < -0.4 is 10.6 Å². The Morgan fingerprint density at radius 3 is 2.68 bits per heavy atom. The van der Waals surface area contributed by atoms with E-state index < -0.39 is 0 Å². The fraction of sp³-hybridized carbons (Fsp3) is 0.261. The lowest BCUT2D eigenvalue weighted by Gasteiger charge is -2.12. The van der Waals surface area contributed by atoms with Gasteiger partial charge in [0.15, 0.2) is 0 Å². The van der Waals surface area contributed by atoms with Crippen LogP contribution in [0.4, 0.5) is 11.4 Å². The van der Waals surface area contributed by atoms with Gasteiger partial charge in [-0.1, -0.05) is 41.6 Å². The summed E-state index contributed by atoms with van der Waals surface area (Å²) in [6.07, 6.45) is 1.87. The lowest BCUT2D eigenvalue weighted by molar-refractivity contribution is -0.139. The molecule has 8 heteroatoms. The van der Waals surface area contributed by atoms with E-state index in [0.29, 0.717) is 22.3 Å². The molecule has 2 N–H and O–H groups in total. The van der Waals surface area contributed by atoms with Gasteiger partial charge in [0, 0.05) is 17.3 Å². The fourth-order valence-corrected chi connectivity index (χ4v) is 3.90. The van der Waals surface area contributed by atoms with Gasteiger partial charge in [0.2, 0.25) is 5.91 Å². The molecule has 6 nitrogen and oxygen atoms in total. The monoisotopic (exact) mass is 457 g/mol. The summed E-state index contributed by atoms with van der Waals surface area (Å²) >= 11 is 7.44. The zero-order valence-electron chi connectivity index (χ0n) is 17.6. The number of hydrogen-bond acceptors (Lipinski definition) is 6. The third kappa shape index (κ3) is 6.35. The number of amides is 1. The number of nitrogens with one attached hydrogen (secondary N) is 2. The molecule has 0 radical (unpaired) electrons. The second-order valence-electron chi connectivity index (χ2n) is 7.11. The van der Waals surface area contributed by atoms with Crippen LogP contribution in [0.15, 0.2) is 53.2 Å². The quantitative estimate of drug-likeness (QED) is 0.602. The first kappa shape index (κ1) is 22.9. The van der Waals surface area contributed by atoms with Crippen molar-refractivity contribution in [1.82, 2.24) is 5.32 Å². The number of aliphatic imine (C=N–C) groups is 1. The Kier molecular flexibility index (Phi) is 7.76. The minimum Gasteiger partial charge on any atom is -0.469 e. The lowest BCUT2D eigenvalue weighted by Crippen LogP contribution is -2.25. The van der Waals surface area contributed by atoms with Crippen molar-refractivity contribution >= 4 is 51.7 Å². The van der Waals surface area contributed by atoms with Crippen molar-refractivity contribution in [2.75, 3.05) is 18.2 Å². The molecule has 2 aromatic carbocycles. The summed E-state index contributed by atoms with van der Waals surface area (Å²) in [5, 5.41) is 7.41. The first-order valence-electron chi connectivity index (χ1n) is 9.73. The number of nitrogens with zero attached hydrogens (tertiary/aromatic N) is 1. The Bertz CT molecular complexity index is 1070. The number of anilines is 1. The molecule has 31 heavy (non-hydrogen) atoms. The van der Waals surface area contributed by atoms with Gasteiger partial charge in [-0.15, -0.1) is 0 Å². The normalized spacial score (nSPS) is 12.6. The minimum absolute atomic E-state index is 0.0845. The van der Waals surface area contributed by atoms with Crippen molar-refractivity contribution in [2.24, 2.45) is 4.99 Å². The summed E-state index contributed by atoms with van der Waals surface area (Å²) in [4.78, 5) is 28.9. The molecule has 0 spiro atoms. The van der Waals surface area contributed by atoms with Gasteiger partial charge in [0.1, 0.15) is 0 Å². The van der Waals surface area contributed by atoms with E-state index in [-0.39, 0.29) is 24.1 Å². The molecule has 1 heterocycles. The molecule has 1 amide bonds. The molecule has 1 aliphatic rings. The van der Waals surface area contributed by atoms with E-state index in [4.69, 9.17) is 21.3 Å². The van der Waals surface area contributed by atoms with Crippen LogP contribution in [-0.2, 0) is 20.9 Å². The smallest absolute Gasteiger partial charge is 0.311 e. The largest absolute Gasteiger partial charge is 0.469 e. The van der Waals surface area contributed by atoms with E-state index >= 15 is 0 Å². The van der Waals surface area contributed by atoms with E-state index in [0.717, 1.165) is 28.1 Å². The summed E-state index contributed by atoms with van der Waals surface area (Å²) < 4.78 is 4.80. The highest BCUT2D eigenvalue weighted by atomic mass is 35.5. The number of rotatable bonds is 6. The Morgan fingerprint density at radius 1 is 1.19 bits per heavy atom. The van der Waals surface area contributed by atoms with Crippen molar-refractivity contribution in [1.29, 1.82) is 0 Å². The molecule has 0 unspecified atom stereocenters. The highest BCUT2D eigenvalue weighted by molar-refractivity contribution is 8.14. The third-order valence-corrected chi connectivity index (χ3v) is 6.06. The number of carbonyl (C=O) groups excluding carboxylic acids is 2. The first-order chi connectivity index (χ1) is 14.9. The highest BCUT2D eigenvalue weighted by Crippen LogP contribution is 2.33. The fourth-order valence-electron chi connectivity index (χ4n) is 2.93. The zero-order valence-corrected chi connectivity index (χ0v) is 19.2. The van der Waals surface area contributed by atoms with Gasteiger partial charge >= 0.3 is 5.97 Å². The summed E-state index contributed by atoms with van der Waals surface area (Å²) in [5.74, 6) is -0.299. The van der Waals surface area contributed by atoms with Gasteiger partial charge in [-0.2, -0.15) is 0 Å². The number of esters is 1. The first-order valence-corrected chi connectivity index (χ1v) is 11.1. The molecule has 0 fully saturated rings. The third-order valence-electron chi connectivity index (χ3n) is 4.78. The van der Waals surface area contributed by atoms with Crippen molar-refractivity contribution in [3.63, 3.8) is 0 Å². The van der Waals surface area contributed by atoms with E-state index in [9.17, 15) is 9.59 Å². The average molecular weight is 458 g/mol. The summed E-state index contributed by atoms with van der Waals surface area (Å²) in [6.45, 7) is 4.40. The Labute approximate surface area is 191 Å². The predicted octanol–water partition coefficient (Wildman–Crippen LogP) is 4.91. The van der Waals surface area contributed by atoms with E-state index in [1.54, 1.807) is 12.1 Å². The van der Waals surface area contributed by atoms with Gasteiger partial charge in [-0.3, -0.25) is 9.59 Å². The second-order valence-corrected chi connectivity index (χ2v) is 8.51. The SMILES string of the molecule is COC(=O)CC1=CC(SCC(=O)NCc2ccccc2Cl)=Nc2cc(C)c(C)cc2N1. The molecule has 0 bridgehead atoms. The number of hydrogen-bond donors (Lipinski definition) is 2. The summed E-state index contributed by atoms with van der Waals surface area (Å²) in [7, 11) is 1.36. The van der Waals surface area contributed by atoms with Crippen LogP contribution in [0, 0.1) is 13.8 Å². The lowest BCUT2D eigenvalue weighted by atomic mass is 10.1. The van der Waals surface area contributed by atoms with Crippen LogP contribution in [-0.4, -0.2) is 29.8 Å². The number of benzene rings is 2. The predicted molar refractivity (Wildman–Crippen MR) is 127 cm³/mol. The van der Waals surface area contributed by atoms with Crippen molar-refractivity contribution < 1.29 is 14.3 Å². The molecule has 2 aromatic rings. The van der Waals surface area contributed by atoms with E-state index in [1.165, 1.54) is 18.9 Å². The van der Waals surface area contributed by atoms with Gasteiger partial charge in [-0.05, 0) is 54.8 Å². The molecule has 162 valence electrons. The number of thioether (sulfide) groups is 1. The molecular weight excluding hydrogens is 434 g/mol. The average Bonchev–Trinajstić information content (AvgIpc) is 2.90. The van der Waals surface area contributed by atoms with Gasteiger partial charge in [0.25, 0.3) is 0 Å². The van der Waals surface area contributed by atoms with Gasteiger partial charge in [-0.25, -0.2) is 4.99 Å². The zero-order chi connectivity index (χ0) is 22.4. The molecule has 0 aliphatic carbocycles. The molecule has 3 rings (SSSR count). The number of carbonyl (C=O) groups is 2. The molecule has 0 aromatic heterocycles. The van der Waals surface area contributed by atoms with Crippen LogP contribution in [0.3, 0.4) is 0 Å². The van der Waals surface area contributed by atoms with Crippen molar-refractivity contribution in [3.05, 3.63) is 69.9 Å². The second kappa shape index (κ2) is 10.5. The van der Waals surface area contributed by atoms with Crippen molar-refractivity contribution in [2.45, 2.75) is 26.8 Å². The van der Waals surface area contributed by atoms with Crippen LogP contribution in [0.5, 0.6) is 0 Å². The van der Waals surface area contributed by atoms with Gasteiger partial charge in [0.05, 0.1) is 35.7 Å². The number of aryl methyl sites for hydroxylation is 2. The Balaban J connectivity index is 1.73. The van der Waals surface area contributed by atoms with Crippen molar-refractivity contribution in [3.8, 4) is 0 Å². The number of methoxy groups -OCH3 is 1. The topological polar surface area (TPSA) is 79.8 Å². The highest BCUT2D eigenvalue weighted by Gasteiger charge is 2.16. The van der Waals surface area contributed by atoms with Crippen LogP contribution >= 0.6 is 23.4 Å². The van der Waals surface area contributed by atoms with Gasteiger partial charge < -0.3 is 15.4 Å². The summed E-state index contributed by atoms with van der Waals surface area (Å²) in [5.41, 5.74) is 5.34. The van der Waals surface area contributed by atoms with Crippen LogP contribution in [0.25, 0.3) is 0 Å². The van der Waals surface area contributed by atoms with Crippen LogP contribution in [0.1, 0.15) is 23.1 Å². The van der Waals surface area contributed by atoms with E-state index in [2.05, 4.69) is 10.6 Å². The summed E-state index contributed by atoms with van der Waals surface area (Å²) in [6, 6.07) is 11.4. The Morgan fingerprint density at radius 2 is 1.94 bits per heavy atom. The van der Waals surface area contributed by atoms with E-state index in [1.807, 2.05) is 44.2 Å². The maximum Gasteiger partial charge on any atom is 0.311 e. The molecule has 0 atom stereocenters. The maximum atomic E-state index is 12.4. The standard InChI is InChI=1S/C23H24ClN3O3S/c1-14-8-19-20(9-15(14)2)27-22(10-17(26-19)11-23(29)30-3)31-13-21(28)25-12-16-6-4-5-7-18(16)24/h4-10,26H,11-13H2,1-3H3,(H,25,28). The molecule has 1 aliphatic heterocycles.